The van der Waals surface area contributed by atoms with Crippen molar-refractivity contribution in [3.05, 3.63) is 59.4 Å². The zero-order valence-electron chi connectivity index (χ0n) is 12.9. The summed E-state index contributed by atoms with van der Waals surface area (Å²) in [6, 6.07) is 9.48. The number of hydrogen-bond acceptors (Lipinski definition) is 4. The molecule has 0 saturated heterocycles. The maximum atomic E-state index is 13.0. The number of carboxylic acid groups (broad SMARTS) is 1. The van der Waals surface area contributed by atoms with Crippen LogP contribution in [0.3, 0.4) is 0 Å². The van der Waals surface area contributed by atoms with Gasteiger partial charge in [-0.25, -0.2) is 17.2 Å². The molecule has 2 N–H and O–H groups in total. The molecule has 0 aliphatic heterocycles. The van der Waals surface area contributed by atoms with Gasteiger partial charge in [-0.1, -0.05) is 23.7 Å². The van der Waals surface area contributed by atoms with Gasteiger partial charge in [-0.2, -0.15) is 0 Å². The Bertz CT molecular complexity index is 1050. The number of rotatable bonds is 5. The third kappa shape index (κ3) is 3.31. The van der Waals surface area contributed by atoms with Gasteiger partial charge in [0.1, 0.15) is 4.90 Å². The third-order valence-electron chi connectivity index (χ3n) is 3.65. The third-order valence-corrected chi connectivity index (χ3v) is 5.82. The van der Waals surface area contributed by atoms with Crippen LogP contribution in [0.2, 0.25) is 5.02 Å². The topological polar surface area (TPSA) is 101 Å². The molecule has 0 bridgehead atoms. The number of nitrogens with zero attached hydrogens (tertiary/aromatic N) is 2. The molecule has 9 heteroatoms. The SMILES string of the molecule is O=C(O)NCCc1cn(S(=O)(=O)c2ccccc2Cl)c2cccnc12. The van der Waals surface area contributed by atoms with E-state index in [0.29, 0.717) is 23.0 Å². The number of aromatic nitrogens is 2. The summed E-state index contributed by atoms with van der Waals surface area (Å²) in [5.74, 6) is 0. The van der Waals surface area contributed by atoms with Crippen LogP contribution in [0.15, 0.2) is 53.7 Å². The predicted octanol–water partition coefficient (Wildman–Crippen LogP) is 2.74. The maximum absolute atomic E-state index is 13.0. The van der Waals surface area contributed by atoms with Crippen molar-refractivity contribution in [3.8, 4) is 0 Å². The second-order valence-corrected chi connectivity index (χ2v) is 7.43. The van der Waals surface area contributed by atoms with Crippen molar-refractivity contribution in [1.82, 2.24) is 14.3 Å². The van der Waals surface area contributed by atoms with E-state index in [1.165, 1.54) is 18.3 Å². The zero-order chi connectivity index (χ0) is 18.0. The Morgan fingerprint density at radius 3 is 2.72 bits per heavy atom. The van der Waals surface area contributed by atoms with Crippen LogP contribution in [0.25, 0.3) is 11.0 Å². The molecule has 25 heavy (non-hydrogen) atoms. The summed E-state index contributed by atoms with van der Waals surface area (Å²) in [5, 5.41) is 11.1. The number of nitrogens with one attached hydrogen (secondary N) is 1. The fraction of sp³-hybridized carbons (Fsp3) is 0.125. The lowest BCUT2D eigenvalue weighted by Gasteiger charge is -2.08. The lowest BCUT2D eigenvalue weighted by Crippen LogP contribution is -2.23. The van der Waals surface area contributed by atoms with E-state index < -0.39 is 16.1 Å². The van der Waals surface area contributed by atoms with Gasteiger partial charge < -0.3 is 10.4 Å². The number of halogens is 1. The summed E-state index contributed by atoms with van der Waals surface area (Å²) in [7, 11) is -3.91. The Labute approximate surface area is 148 Å². The van der Waals surface area contributed by atoms with Crippen molar-refractivity contribution in [2.75, 3.05) is 6.54 Å². The molecule has 3 rings (SSSR count). The molecule has 1 amide bonds. The molecule has 0 spiro atoms. The minimum absolute atomic E-state index is 0.00682. The summed E-state index contributed by atoms with van der Waals surface area (Å²) in [4.78, 5) is 14.8. The average Bonchev–Trinajstić information content (AvgIpc) is 2.95. The van der Waals surface area contributed by atoms with E-state index in [2.05, 4.69) is 10.3 Å². The summed E-state index contributed by atoms with van der Waals surface area (Å²) in [6.45, 7) is 0.150. The van der Waals surface area contributed by atoms with Gasteiger partial charge in [-0.3, -0.25) is 4.98 Å². The molecule has 0 radical (unpaired) electrons. The summed E-state index contributed by atoms with van der Waals surface area (Å²) < 4.78 is 27.1. The van der Waals surface area contributed by atoms with Crippen LogP contribution in [0, 0.1) is 0 Å². The van der Waals surface area contributed by atoms with E-state index in [1.807, 2.05) is 0 Å². The minimum Gasteiger partial charge on any atom is -0.465 e. The van der Waals surface area contributed by atoms with Crippen LogP contribution < -0.4 is 5.32 Å². The van der Waals surface area contributed by atoms with Crippen molar-refractivity contribution in [3.63, 3.8) is 0 Å². The van der Waals surface area contributed by atoms with Crippen LogP contribution >= 0.6 is 11.6 Å². The monoisotopic (exact) mass is 379 g/mol. The van der Waals surface area contributed by atoms with Crippen LogP contribution in [0.5, 0.6) is 0 Å². The highest BCUT2D eigenvalue weighted by atomic mass is 35.5. The Morgan fingerprint density at radius 2 is 2.00 bits per heavy atom. The van der Waals surface area contributed by atoms with Crippen LogP contribution in [0.4, 0.5) is 4.79 Å². The van der Waals surface area contributed by atoms with Gasteiger partial charge in [0.2, 0.25) is 0 Å². The molecule has 1 aromatic carbocycles. The van der Waals surface area contributed by atoms with Crippen molar-refractivity contribution < 1.29 is 18.3 Å². The van der Waals surface area contributed by atoms with Gasteiger partial charge in [0.25, 0.3) is 10.0 Å². The van der Waals surface area contributed by atoms with E-state index in [0.717, 1.165) is 3.97 Å². The van der Waals surface area contributed by atoms with Crippen LogP contribution in [-0.4, -0.2) is 35.1 Å². The fourth-order valence-corrected chi connectivity index (χ4v) is 4.42. The van der Waals surface area contributed by atoms with E-state index >= 15 is 0 Å². The first-order chi connectivity index (χ1) is 11.9. The second kappa shape index (κ2) is 6.73. The first-order valence-corrected chi connectivity index (χ1v) is 9.15. The molecule has 2 heterocycles. The lowest BCUT2D eigenvalue weighted by atomic mass is 10.2. The number of hydrogen-bond donors (Lipinski definition) is 2. The summed E-state index contributed by atoms with van der Waals surface area (Å²) >= 11 is 6.05. The summed E-state index contributed by atoms with van der Waals surface area (Å²) in [6.07, 6.45) is 2.19. The lowest BCUT2D eigenvalue weighted by molar-refractivity contribution is 0.194. The highest BCUT2D eigenvalue weighted by Crippen LogP contribution is 2.28. The van der Waals surface area contributed by atoms with Gasteiger partial charge in [0.05, 0.1) is 16.1 Å². The highest BCUT2D eigenvalue weighted by Gasteiger charge is 2.23. The second-order valence-electron chi connectivity index (χ2n) is 5.24. The van der Waals surface area contributed by atoms with E-state index in [-0.39, 0.29) is 16.5 Å². The molecule has 3 aromatic rings. The first-order valence-electron chi connectivity index (χ1n) is 7.33. The van der Waals surface area contributed by atoms with Crippen molar-refractivity contribution in [2.45, 2.75) is 11.3 Å². The molecule has 0 atom stereocenters. The zero-order valence-corrected chi connectivity index (χ0v) is 14.5. The number of pyridine rings is 1. The standard InChI is InChI=1S/C16H14ClN3O4S/c17-12-4-1-2-6-14(12)25(23,24)20-10-11(7-9-19-16(21)22)15-13(20)5-3-8-18-15/h1-6,8,10,19H,7,9H2,(H,21,22). The average molecular weight is 380 g/mol. The van der Waals surface area contributed by atoms with Crippen molar-refractivity contribution in [2.24, 2.45) is 0 Å². The predicted molar refractivity (Wildman–Crippen MR) is 93.5 cm³/mol. The first kappa shape index (κ1) is 17.2. The molecule has 0 aliphatic carbocycles. The van der Waals surface area contributed by atoms with E-state index in [9.17, 15) is 13.2 Å². The van der Waals surface area contributed by atoms with Crippen LogP contribution in [0.1, 0.15) is 5.56 Å². The van der Waals surface area contributed by atoms with Gasteiger partial charge in [0, 0.05) is 18.9 Å². The molecule has 0 aliphatic rings. The molecule has 130 valence electrons. The highest BCUT2D eigenvalue weighted by molar-refractivity contribution is 7.90. The normalized spacial score (nSPS) is 11.6. The maximum Gasteiger partial charge on any atom is 0.404 e. The van der Waals surface area contributed by atoms with E-state index in [1.54, 1.807) is 30.5 Å². The van der Waals surface area contributed by atoms with Gasteiger partial charge in [-0.05, 0) is 36.2 Å². The Morgan fingerprint density at radius 1 is 1.24 bits per heavy atom. The summed E-state index contributed by atoms with van der Waals surface area (Å²) in [5.41, 5.74) is 1.54. The van der Waals surface area contributed by atoms with Crippen LogP contribution in [-0.2, 0) is 16.4 Å². The van der Waals surface area contributed by atoms with Gasteiger partial charge >= 0.3 is 6.09 Å². The van der Waals surface area contributed by atoms with E-state index in [4.69, 9.17) is 16.7 Å². The quantitative estimate of drug-likeness (QED) is 0.709. The molecule has 0 unspecified atom stereocenters. The molecule has 0 saturated carbocycles. The Hall–Kier alpha value is -2.58. The van der Waals surface area contributed by atoms with Crippen molar-refractivity contribution >= 4 is 38.8 Å². The van der Waals surface area contributed by atoms with Crippen molar-refractivity contribution in [1.29, 1.82) is 0 Å². The molecule has 2 aromatic heterocycles. The molecular formula is C16H14ClN3O4S. The number of carbonyl (C=O) groups is 1. The molecule has 7 nitrogen and oxygen atoms in total. The number of amides is 1. The minimum atomic E-state index is -3.91. The molecule has 0 fully saturated rings. The van der Waals surface area contributed by atoms with Gasteiger partial charge in [-0.15, -0.1) is 0 Å². The smallest absolute Gasteiger partial charge is 0.404 e. The molecular weight excluding hydrogens is 366 g/mol. The largest absolute Gasteiger partial charge is 0.465 e. The number of benzene rings is 1. The number of fused-ring (bicyclic) bond motifs is 1. The van der Waals surface area contributed by atoms with Gasteiger partial charge in [0.15, 0.2) is 0 Å². The fourth-order valence-electron chi connectivity index (χ4n) is 2.54. The Balaban J connectivity index is 2.11. The Kier molecular flexibility index (Phi) is 4.65.